The monoisotopic (exact) mass is 322 g/mol. The molecule has 0 saturated heterocycles. The van der Waals surface area contributed by atoms with E-state index in [0.29, 0.717) is 5.56 Å². The fourth-order valence-electron chi connectivity index (χ4n) is 3.37. The molecule has 0 radical (unpaired) electrons. The van der Waals surface area contributed by atoms with E-state index >= 15 is 0 Å². The van der Waals surface area contributed by atoms with Crippen LogP contribution in [-0.4, -0.2) is 15.8 Å². The Kier molecular flexibility index (Phi) is 3.13. The van der Waals surface area contributed by atoms with Crippen LogP contribution in [0.1, 0.15) is 22.8 Å². The zero-order valence-electron chi connectivity index (χ0n) is 12.9. The number of halogens is 1. The van der Waals surface area contributed by atoms with Crippen LogP contribution in [0.15, 0.2) is 36.4 Å². The Morgan fingerprint density at radius 2 is 1.91 bits per heavy atom. The summed E-state index contributed by atoms with van der Waals surface area (Å²) in [6.45, 7) is 5.11. The van der Waals surface area contributed by atoms with Crippen molar-refractivity contribution in [1.29, 1.82) is 0 Å². The Morgan fingerprint density at radius 3 is 2.65 bits per heavy atom. The number of nitrogens with zero attached hydrogens (tertiary/aromatic N) is 2. The van der Waals surface area contributed by atoms with Crippen LogP contribution in [0, 0.1) is 6.92 Å². The second kappa shape index (κ2) is 5.07. The molecule has 2 aromatic carbocycles. The fraction of sp³-hybridized carbons (Fsp3) is 0.158. The number of pyridine rings is 1. The number of aromatic nitrogens is 2. The third kappa shape index (κ3) is 1.97. The van der Waals surface area contributed by atoms with Gasteiger partial charge in [0.1, 0.15) is 5.15 Å². The Labute approximate surface area is 138 Å². The smallest absolute Gasteiger partial charge is 0.153 e. The SMILES string of the molecule is CCn1c2ccc(C)cc2c2c3cc(C=O)c(Cl)nc3ccc21. The normalized spacial score (nSPS) is 11.6. The van der Waals surface area contributed by atoms with Crippen molar-refractivity contribution >= 4 is 50.6 Å². The number of aryl methyl sites for hydroxylation is 2. The second-order valence-electron chi connectivity index (χ2n) is 5.78. The van der Waals surface area contributed by atoms with Gasteiger partial charge in [-0.3, -0.25) is 4.79 Å². The molecule has 4 rings (SSSR count). The van der Waals surface area contributed by atoms with Crippen molar-refractivity contribution in [3.05, 3.63) is 52.7 Å². The minimum atomic E-state index is 0.252. The molecule has 0 amide bonds. The maximum Gasteiger partial charge on any atom is 0.153 e. The standard InChI is InChI=1S/C19H15ClN2O/c1-3-22-16-6-4-11(2)8-14(16)18-13-9-12(10-23)19(20)21-15(13)5-7-17(18)22/h4-10H,3H2,1-2H3. The molecule has 0 aliphatic heterocycles. The number of hydrogen-bond acceptors (Lipinski definition) is 2. The minimum absolute atomic E-state index is 0.252. The molecule has 3 nitrogen and oxygen atoms in total. The molecule has 0 fully saturated rings. The molecule has 0 aliphatic carbocycles. The number of rotatable bonds is 2. The zero-order valence-corrected chi connectivity index (χ0v) is 13.7. The van der Waals surface area contributed by atoms with E-state index in [1.54, 1.807) is 0 Å². The highest BCUT2D eigenvalue weighted by atomic mass is 35.5. The van der Waals surface area contributed by atoms with Crippen LogP contribution in [0.2, 0.25) is 5.15 Å². The van der Waals surface area contributed by atoms with E-state index in [4.69, 9.17) is 11.6 Å². The summed E-state index contributed by atoms with van der Waals surface area (Å²) < 4.78 is 2.29. The van der Waals surface area contributed by atoms with Crippen LogP contribution in [0.4, 0.5) is 0 Å². The van der Waals surface area contributed by atoms with Crippen molar-refractivity contribution in [1.82, 2.24) is 9.55 Å². The predicted octanol–water partition coefficient (Wildman–Crippen LogP) is 5.14. The van der Waals surface area contributed by atoms with Crippen LogP contribution in [0.3, 0.4) is 0 Å². The lowest BCUT2D eigenvalue weighted by molar-refractivity contribution is 0.112. The quantitative estimate of drug-likeness (QED) is 0.378. The summed E-state index contributed by atoms with van der Waals surface area (Å²) >= 11 is 6.08. The van der Waals surface area contributed by atoms with E-state index in [1.165, 1.54) is 16.5 Å². The molecule has 4 aromatic rings. The number of carbonyl (C=O) groups excluding carboxylic acids is 1. The molecule has 4 heteroatoms. The molecule has 114 valence electrons. The minimum Gasteiger partial charge on any atom is -0.341 e. The van der Waals surface area contributed by atoms with Gasteiger partial charge < -0.3 is 4.57 Å². The van der Waals surface area contributed by atoms with E-state index < -0.39 is 0 Å². The molecule has 0 aliphatic rings. The van der Waals surface area contributed by atoms with Crippen molar-refractivity contribution in [3.8, 4) is 0 Å². The first kappa shape index (κ1) is 14.2. The lowest BCUT2D eigenvalue weighted by Crippen LogP contribution is -1.93. The lowest BCUT2D eigenvalue weighted by Gasteiger charge is -2.05. The highest BCUT2D eigenvalue weighted by Crippen LogP contribution is 2.35. The summed E-state index contributed by atoms with van der Waals surface area (Å²) in [5, 5.41) is 3.54. The molecule has 23 heavy (non-hydrogen) atoms. The third-order valence-electron chi connectivity index (χ3n) is 4.40. The summed E-state index contributed by atoms with van der Waals surface area (Å²) in [6.07, 6.45) is 0.762. The van der Waals surface area contributed by atoms with E-state index in [2.05, 4.69) is 47.7 Å². The van der Waals surface area contributed by atoms with Crippen molar-refractivity contribution < 1.29 is 4.79 Å². The molecule has 0 saturated carbocycles. The summed E-state index contributed by atoms with van der Waals surface area (Å²) in [6, 6.07) is 12.4. The second-order valence-corrected chi connectivity index (χ2v) is 6.14. The highest BCUT2D eigenvalue weighted by molar-refractivity contribution is 6.33. The average molecular weight is 323 g/mol. The number of benzene rings is 2. The topological polar surface area (TPSA) is 34.9 Å². The van der Waals surface area contributed by atoms with Gasteiger partial charge in [-0.2, -0.15) is 0 Å². The molecular weight excluding hydrogens is 308 g/mol. The van der Waals surface area contributed by atoms with Crippen LogP contribution < -0.4 is 0 Å². The molecule has 0 atom stereocenters. The van der Waals surface area contributed by atoms with Crippen molar-refractivity contribution in [3.63, 3.8) is 0 Å². The Bertz CT molecular complexity index is 1100. The highest BCUT2D eigenvalue weighted by Gasteiger charge is 2.14. The maximum atomic E-state index is 11.3. The van der Waals surface area contributed by atoms with Crippen molar-refractivity contribution in [2.24, 2.45) is 0 Å². The van der Waals surface area contributed by atoms with Crippen LogP contribution in [0.25, 0.3) is 32.7 Å². The van der Waals surface area contributed by atoms with E-state index in [1.807, 2.05) is 12.1 Å². The summed E-state index contributed by atoms with van der Waals surface area (Å²) in [4.78, 5) is 15.6. The first-order valence-electron chi connectivity index (χ1n) is 7.61. The molecular formula is C19H15ClN2O. The van der Waals surface area contributed by atoms with Crippen LogP contribution >= 0.6 is 11.6 Å². The van der Waals surface area contributed by atoms with Gasteiger partial charge in [0, 0.05) is 33.7 Å². The maximum absolute atomic E-state index is 11.3. The van der Waals surface area contributed by atoms with E-state index in [-0.39, 0.29) is 5.15 Å². The summed E-state index contributed by atoms with van der Waals surface area (Å²) in [5.41, 5.74) is 4.80. The van der Waals surface area contributed by atoms with Gasteiger partial charge in [0.05, 0.1) is 11.1 Å². The lowest BCUT2D eigenvalue weighted by atomic mass is 10.0. The molecule has 0 N–H and O–H groups in total. The Morgan fingerprint density at radius 1 is 1.13 bits per heavy atom. The van der Waals surface area contributed by atoms with E-state index in [0.717, 1.165) is 34.6 Å². The van der Waals surface area contributed by atoms with Gasteiger partial charge >= 0.3 is 0 Å². The predicted molar refractivity (Wildman–Crippen MR) is 95.6 cm³/mol. The number of aldehydes is 1. The van der Waals surface area contributed by atoms with Gasteiger partial charge in [-0.25, -0.2) is 4.98 Å². The van der Waals surface area contributed by atoms with Gasteiger partial charge in [0.25, 0.3) is 0 Å². The van der Waals surface area contributed by atoms with Gasteiger partial charge in [-0.05, 0) is 44.2 Å². The first-order valence-corrected chi connectivity index (χ1v) is 7.99. The summed E-state index contributed by atoms with van der Waals surface area (Å²) in [7, 11) is 0. The molecule has 0 spiro atoms. The summed E-state index contributed by atoms with van der Waals surface area (Å²) in [5.74, 6) is 0. The first-order chi connectivity index (χ1) is 11.1. The third-order valence-corrected chi connectivity index (χ3v) is 4.71. The van der Waals surface area contributed by atoms with Gasteiger partial charge in [-0.1, -0.05) is 23.2 Å². The fourth-order valence-corrected chi connectivity index (χ4v) is 3.56. The van der Waals surface area contributed by atoms with Gasteiger partial charge in [0.15, 0.2) is 6.29 Å². The Balaban J connectivity index is 2.31. The molecule has 0 bridgehead atoms. The number of fused-ring (bicyclic) bond motifs is 5. The largest absolute Gasteiger partial charge is 0.341 e. The van der Waals surface area contributed by atoms with Crippen molar-refractivity contribution in [2.75, 3.05) is 0 Å². The Hall–Kier alpha value is -2.39. The van der Waals surface area contributed by atoms with Gasteiger partial charge in [-0.15, -0.1) is 0 Å². The van der Waals surface area contributed by atoms with Gasteiger partial charge in [0.2, 0.25) is 0 Å². The van der Waals surface area contributed by atoms with Crippen molar-refractivity contribution in [2.45, 2.75) is 20.4 Å². The van der Waals surface area contributed by atoms with Crippen LogP contribution in [0.5, 0.6) is 0 Å². The van der Waals surface area contributed by atoms with Crippen LogP contribution in [-0.2, 0) is 6.54 Å². The number of carbonyl (C=O) groups is 1. The average Bonchev–Trinajstić information content (AvgIpc) is 2.87. The molecule has 0 unspecified atom stereocenters. The molecule has 2 heterocycles. The zero-order chi connectivity index (χ0) is 16.1. The number of hydrogen-bond donors (Lipinski definition) is 0. The molecule has 2 aromatic heterocycles. The van der Waals surface area contributed by atoms with E-state index in [9.17, 15) is 4.79 Å².